The Hall–Kier alpha value is -2.42. The Bertz CT molecular complexity index is 1140. The van der Waals surface area contributed by atoms with Gasteiger partial charge >= 0.3 is 0 Å². The van der Waals surface area contributed by atoms with Gasteiger partial charge in [-0.05, 0) is 61.4 Å². The molecule has 2 heterocycles. The van der Waals surface area contributed by atoms with Gasteiger partial charge in [-0.3, -0.25) is 0 Å². The molecule has 0 bridgehead atoms. The molecule has 0 saturated carbocycles. The van der Waals surface area contributed by atoms with Gasteiger partial charge in [0.15, 0.2) is 0 Å². The topological polar surface area (TPSA) is 62.7 Å². The number of fused-ring (bicyclic) bond motifs is 1. The van der Waals surface area contributed by atoms with E-state index in [4.69, 9.17) is 9.72 Å². The molecular weight excluding hydrogens is 418 g/mol. The van der Waals surface area contributed by atoms with Crippen LogP contribution in [0.3, 0.4) is 0 Å². The van der Waals surface area contributed by atoms with Crippen molar-refractivity contribution in [2.24, 2.45) is 0 Å². The number of hydrogen-bond donors (Lipinski definition) is 0. The predicted molar refractivity (Wildman–Crippen MR) is 121 cm³/mol. The first-order valence-corrected chi connectivity index (χ1v) is 12.2. The third kappa shape index (κ3) is 4.08. The van der Waals surface area contributed by atoms with E-state index in [0.29, 0.717) is 18.0 Å². The molecule has 0 radical (unpaired) electrons. The molecule has 1 aliphatic heterocycles. The first kappa shape index (κ1) is 20.8. The van der Waals surface area contributed by atoms with Crippen LogP contribution in [0.15, 0.2) is 52.7 Å². The van der Waals surface area contributed by atoms with Crippen LogP contribution in [0.4, 0.5) is 5.69 Å². The minimum atomic E-state index is -3.41. The largest absolute Gasteiger partial charge is 0.494 e. The molecule has 0 N–H and O–H groups in total. The van der Waals surface area contributed by atoms with Crippen molar-refractivity contribution in [3.63, 3.8) is 0 Å². The van der Waals surface area contributed by atoms with Crippen molar-refractivity contribution in [1.29, 1.82) is 0 Å². The maximum absolute atomic E-state index is 12.4. The first-order valence-electron chi connectivity index (χ1n) is 9.86. The van der Waals surface area contributed by atoms with Crippen molar-refractivity contribution in [2.75, 3.05) is 32.1 Å². The Labute approximate surface area is 181 Å². The average Bonchev–Trinajstić information content (AvgIpc) is 3.36. The summed E-state index contributed by atoms with van der Waals surface area (Å²) in [4.78, 5) is 7.42. The summed E-state index contributed by atoms with van der Waals surface area (Å²) in [5.41, 5.74) is 4.25. The molecule has 158 valence electrons. The lowest BCUT2D eigenvalue weighted by Gasteiger charge is -2.19. The van der Waals surface area contributed by atoms with E-state index in [1.807, 2.05) is 37.3 Å². The molecule has 2 aromatic carbocycles. The second-order valence-electron chi connectivity index (χ2n) is 7.35. The predicted octanol–water partition coefficient (Wildman–Crippen LogP) is 4.02. The lowest BCUT2D eigenvalue weighted by molar-refractivity contribution is 0.340. The number of aromatic nitrogens is 1. The minimum Gasteiger partial charge on any atom is -0.494 e. The van der Waals surface area contributed by atoms with Crippen LogP contribution in [0, 0.1) is 0 Å². The monoisotopic (exact) mass is 443 g/mol. The van der Waals surface area contributed by atoms with Gasteiger partial charge < -0.3 is 9.64 Å². The van der Waals surface area contributed by atoms with E-state index in [0.717, 1.165) is 46.2 Å². The molecule has 4 rings (SSSR count). The summed E-state index contributed by atoms with van der Waals surface area (Å²) in [5, 5.41) is 3.08. The van der Waals surface area contributed by atoms with E-state index in [-0.39, 0.29) is 0 Å². The highest BCUT2D eigenvalue weighted by molar-refractivity contribution is 7.89. The molecular formula is C22H25N3O3S2. The van der Waals surface area contributed by atoms with Gasteiger partial charge in [0.25, 0.3) is 0 Å². The maximum Gasteiger partial charge on any atom is 0.242 e. The Morgan fingerprint density at radius 3 is 2.63 bits per heavy atom. The number of nitrogens with zero attached hydrogens (tertiary/aromatic N) is 3. The van der Waals surface area contributed by atoms with E-state index in [1.54, 1.807) is 37.6 Å². The van der Waals surface area contributed by atoms with E-state index in [9.17, 15) is 8.42 Å². The molecule has 0 aliphatic carbocycles. The van der Waals surface area contributed by atoms with Gasteiger partial charge in [0.2, 0.25) is 10.0 Å². The number of hydrogen-bond acceptors (Lipinski definition) is 6. The van der Waals surface area contributed by atoms with Crippen LogP contribution >= 0.6 is 11.3 Å². The number of rotatable bonds is 7. The quantitative estimate of drug-likeness (QED) is 0.552. The van der Waals surface area contributed by atoms with Gasteiger partial charge in [0.1, 0.15) is 10.8 Å². The molecule has 0 saturated heterocycles. The number of ether oxygens (including phenoxy) is 1. The van der Waals surface area contributed by atoms with Crippen molar-refractivity contribution < 1.29 is 13.2 Å². The van der Waals surface area contributed by atoms with Crippen LogP contribution < -0.4 is 9.64 Å². The molecule has 6 nitrogen and oxygen atoms in total. The summed E-state index contributed by atoms with van der Waals surface area (Å²) in [7, 11) is -0.305. The van der Waals surface area contributed by atoms with Crippen LogP contribution in [0.2, 0.25) is 0 Å². The normalized spacial score (nSPS) is 13.7. The molecule has 1 aromatic heterocycles. The lowest BCUT2D eigenvalue weighted by Crippen LogP contribution is -2.22. The van der Waals surface area contributed by atoms with Crippen LogP contribution in [0.1, 0.15) is 18.2 Å². The maximum atomic E-state index is 12.4. The number of benzene rings is 2. The Kier molecular flexibility index (Phi) is 5.81. The highest BCUT2D eigenvalue weighted by atomic mass is 32.2. The van der Waals surface area contributed by atoms with Gasteiger partial charge in [-0.15, -0.1) is 11.3 Å². The Balaban J connectivity index is 1.50. The molecule has 0 spiro atoms. The van der Waals surface area contributed by atoms with Gasteiger partial charge in [-0.1, -0.05) is 0 Å². The summed E-state index contributed by atoms with van der Waals surface area (Å²) in [6.45, 7) is 4.19. The molecule has 0 unspecified atom stereocenters. The fraction of sp³-hybridized carbons (Fsp3) is 0.318. The molecule has 3 aromatic rings. The number of anilines is 1. The molecule has 0 fully saturated rings. The molecule has 30 heavy (non-hydrogen) atoms. The van der Waals surface area contributed by atoms with Gasteiger partial charge in [-0.2, -0.15) is 0 Å². The van der Waals surface area contributed by atoms with Crippen LogP contribution in [-0.4, -0.2) is 45.0 Å². The summed E-state index contributed by atoms with van der Waals surface area (Å²) < 4.78 is 31.5. The highest BCUT2D eigenvalue weighted by Crippen LogP contribution is 2.33. The smallest absolute Gasteiger partial charge is 0.242 e. The SMILES string of the molecule is CCOc1ccc(-c2nc(CN3CCc4cc(S(=O)(=O)N(C)C)ccc43)cs2)cc1. The zero-order chi connectivity index (χ0) is 21.3. The fourth-order valence-corrected chi connectivity index (χ4v) is 5.32. The third-order valence-electron chi connectivity index (χ3n) is 5.14. The van der Waals surface area contributed by atoms with Crippen LogP contribution in [-0.2, 0) is 23.0 Å². The molecule has 0 atom stereocenters. The fourth-order valence-electron chi connectivity index (χ4n) is 3.55. The van der Waals surface area contributed by atoms with E-state index >= 15 is 0 Å². The number of thiazole rings is 1. The van der Waals surface area contributed by atoms with Crippen molar-refractivity contribution in [1.82, 2.24) is 9.29 Å². The van der Waals surface area contributed by atoms with Gasteiger partial charge in [0.05, 0.1) is 23.7 Å². The number of sulfonamides is 1. The van der Waals surface area contributed by atoms with E-state index in [1.165, 1.54) is 4.31 Å². The van der Waals surface area contributed by atoms with Gasteiger partial charge in [-0.25, -0.2) is 17.7 Å². The summed E-state index contributed by atoms with van der Waals surface area (Å²) in [5.74, 6) is 0.863. The van der Waals surface area contributed by atoms with Crippen LogP contribution in [0.25, 0.3) is 10.6 Å². The first-order chi connectivity index (χ1) is 14.4. The Morgan fingerprint density at radius 2 is 1.93 bits per heavy atom. The van der Waals surface area contributed by atoms with E-state index in [2.05, 4.69) is 10.3 Å². The molecule has 0 amide bonds. The lowest BCUT2D eigenvalue weighted by atomic mass is 10.2. The zero-order valence-electron chi connectivity index (χ0n) is 17.3. The van der Waals surface area contributed by atoms with E-state index < -0.39 is 10.0 Å². The summed E-state index contributed by atoms with van der Waals surface area (Å²) in [6, 6.07) is 13.4. The van der Waals surface area contributed by atoms with Crippen molar-refractivity contribution in [3.05, 3.63) is 59.1 Å². The van der Waals surface area contributed by atoms with Crippen molar-refractivity contribution >= 4 is 27.0 Å². The average molecular weight is 444 g/mol. The van der Waals surface area contributed by atoms with Crippen molar-refractivity contribution in [2.45, 2.75) is 24.8 Å². The third-order valence-corrected chi connectivity index (χ3v) is 7.89. The van der Waals surface area contributed by atoms with Gasteiger partial charge in [0, 0.05) is 37.3 Å². The second kappa shape index (κ2) is 8.37. The van der Waals surface area contributed by atoms with Crippen molar-refractivity contribution in [3.8, 4) is 16.3 Å². The molecule has 1 aliphatic rings. The standard InChI is InChI=1S/C22H25N3O3S2/c1-4-28-19-7-5-16(6-8-19)22-23-18(15-29-22)14-25-12-11-17-13-20(9-10-21(17)25)30(26,27)24(2)3/h5-10,13,15H,4,11-12,14H2,1-3H3. The zero-order valence-corrected chi connectivity index (χ0v) is 19.0. The molecule has 8 heteroatoms. The summed E-state index contributed by atoms with van der Waals surface area (Å²) >= 11 is 1.63. The van der Waals surface area contributed by atoms with Crippen LogP contribution in [0.5, 0.6) is 5.75 Å². The second-order valence-corrected chi connectivity index (χ2v) is 10.4. The Morgan fingerprint density at radius 1 is 1.17 bits per heavy atom. The highest BCUT2D eigenvalue weighted by Gasteiger charge is 2.24. The minimum absolute atomic E-state index is 0.347. The summed E-state index contributed by atoms with van der Waals surface area (Å²) in [6.07, 6.45) is 0.835.